The minimum atomic E-state index is -4.54. The minimum Gasteiger partial charge on any atom is -0.364 e. The highest BCUT2D eigenvalue weighted by molar-refractivity contribution is 5.98. The van der Waals surface area contributed by atoms with Gasteiger partial charge in [-0.1, -0.05) is 0 Å². The molecule has 0 spiro atoms. The molecule has 2 bridgehead atoms. The van der Waals surface area contributed by atoms with E-state index in [-0.39, 0.29) is 35.4 Å². The number of fused-ring (bicyclic) bond motifs is 3. The van der Waals surface area contributed by atoms with Crippen molar-refractivity contribution in [2.24, 2.45) is 5.92 Å². The van der Waals surface area contributed by atoms with E-state index in [1.807, 2.05) is 17.9 Å². The average molecular weight is 469 g/mol. The maximum Gasteiger partial charge on any atom is 0.434 e. The number of aromatic nitrogens is 5. The molecule has 2 saturated heterocycles. The fraction of sp³-hybridized carbons (Fsp3) is 0.391. The van der Waals surface area contributed by atoms with E-state index in [0.29, 0.717) is 24.1 Å². The summed E-state index contributed by atoms with van der Waals surface area (Å²) in [6.45, 7) is 2.49. The molecule has 2 aliphatic heterocycles. The summed E-state index contributed by atoms with van der Waals surface area (Å²) >= 11 is 0. The number of aryl methyl sites for hydroxylation is 1. The third kappa shape index (κ3) is 4.29. The van der Waals surface area contributed by atoms with Gasteiger partial charge in [-0.05, 0) is 49.8 Å². The molecule has 3 fully saturated rings. The Morgan fingerprint density at radius 3 is 2.53 bits per heavy atom. The highest BCUT2D eigenvalue weighted by atomic mass is 19.4. The van der Waals surface area contributed by atoms with Gasteiger partial charge >= 0.3 is 6.18 Å². The zero-order chi connectivity index (χ0) is 23.9. The second-order valence-electron chi connectivity index (χ2n) is 8.72. The number of pyridine rings is 1. The number of carbonyl (C=O) groups is 1. The third-order valence-corrected chi connectivity index (χ3v) is 6.35. The van der Waals surface area contributed by atoms with Gasteiger partial charge in [0.1, 0.15) is 11.5 Å². The Morgan fingerprint density at radius 1 is 1.06 bits per heavy atom. The molecule has 1 N–H and O–H groups in total. The first-order valence-electron chi connectivity index (χ1n) is 11.0. The number of hydrogen-bond acceptors (Lipinski definition) is 7. The lowest BCUT2D eigenvalue weighted by atomic mass is 9.76. The van der Waals surface area contributed by atoms with E-state index >= 15 is 0 Å². The van der Waals surface area contributed by atoms with Crippen LogP contribution in [0.25, 0.3) is 11.4 Å². The second kappa shape index (κ2) is 8.62. The zero-order valence-corrected chi connectivity index (χ0v) is 18.3. The first-order valence-corrected chi connectivity index (χ1v) is 11.0. The van der Waals surface area contributed by atoms with Gasteiger partial charge in [-0.15, -0.1) is 0 Å². The standard InChI is InChI=1S/C23H22F3N7O/c1-13-7-15(21-27-5-2-6-28-21)20(31-9-13)22(34)33-12-14-3-4-17(33)16(8-14)32-19-11-29-18(10-30-19)23(24,25)26/h2,5-7,9-11,14,16-17H,3-4,8,12H2,1H3,(H,30,32)/t14-,16+,17-/m0/s1. The number of piperidine rings is 2. The predicted molar refractivity (Wildman–Crippen MR) is 117 cm³/mol. The van der Waals surface area contributed by atoms with Crippen LogP contribution in [0.2, 0.25) is 0 Å². The maximum atomic E-state index is 13.7. The highest BCUT2D eigenvalue weighted by Crippen LogP contribution is 2.38. The summed E-state index contributed by atoms with van der Waals surface area (Å²) in [4.78, 5) is 35.9. The molecule has 5 heterocycles. The highest BCUT2D eigenvalue weighted by Gasteiger charge is 2.44. The van der Waals surface area contributed by atoms with Gasteiger partial charge in [-0.25, -0.2) is 19.9 Å². The van der Waals surface area contributed by atoms with Crippen molar-refractivity contribution in [3.8, 4) is 11.4 Å². The Hall–Kier alpha value is -3.63. The number of hydrogen-bond donors (Lipinski definition) is 1. The number of rotatable bonds is 4. The van der Waals surface area contributed by atoms with Crippen LogP contribution in [0, 0.1) is 12.8 Å². The normalized spacial score (nSPS) is 22.0. The van der Waals surface area contributed by atoms with Crippen LogP contribution < -0.4 is 5.32 Å². The van der Waals surface area contributed by atoms with E-state index in [2.05, 4.69) is 30.2 Å². The molecule has 1 saturated carbocycles. The van der Waals surface area contributed by atoms with E-state index in [4.69, 9.17) is 0 Å². The molecule has 3 aromatic rings. The summed E-state index contributed by atoms with van der Waals surface area (Å²) in [5.41, 5.74) is 0.711. The van der Waals surface area contributed by atoms with Crippen molar-refractivity contribution in [1.82, 2.24) is 29.8 Å². The molecule has 0 unspecified atom stereocenters. The molecule has 34 heavy (non-hydrogen) atoms. The number of alkyl halides is 3. The van der Waals surface area contributed by atoms with Crippen molar-refractivity contribution in [3.63, 3.8) is 0 Å². The van der Waals surface area contributed by atoms with Gasteiger partial charge in [0, 0.05) is 31.2 Å². The number of anilines is 1. The molecule has 11 heteroatoms. The van der Waals surface area contributed by atoms with E-state index in [1.54, 1.807) is 24.7 Å². The lowest BCUT2D eigenvalue weighted by Crippen LogP contribution is -2.60. The van der Waals surface area contributed by atoms with Crippen molar-refractivity contribution in [1.29, 1.82) is 0 Å². The van der Waals surface area contributed by atoms with Crippen molar-refractivity contribution in [2.75, 3.05) is 11.9 Å². The molecule has 1 aliphatic carbocycles. The van der Waals surface area contributed by atoms with Crippen LogP contribution in [0.1, 0.15) is 41.0 Å². The summed E-state index contributed by atoms with van der Waals surface area (Å²) in [5.74, 6) is 0.751. The van der Waals surface area contributed by atoms with E-state index in [1.165, 1.54) is 0 Å². The zero-order valence-electron chi connectivity index (χ0n) is 18.3. The quantitative estimate of drug-likeness (QED) is 0.621. The van der Waals surface area contributed by atoms with Gasteiger partial charge in [0.25, 0.3) is 5.91 Å². The Bertz CT molecular complexity index is 1190. The largest absolute Gasteiger partial charge is 0.434 e. The summed E-state index contributed by atoms with van der Waals surface area (Å²) < 4.78 is 38.4. The van der Waals surface area contributed by atoms with Crippen LogP contribution in [0.5, 0.6) is 0 Å². The maximum absolute atomic E-state index is 13.7. The van der Waals surface area contributed by atoms with Crippen LogP contribution in [0.15, 0.2) is 43.1 Å². The van der Waals surface area contributed by atoms with Crippen molar-refractivity contribution in [3.05, 3.63) is 60.1 Å². The van der Waals surface area contributed by atoms with Crippen molar-refractivity contribution < 1.29 is 18.0 Å². The molecule has 3 atom stereocenters. The van der Waals surface area contributed by atoms with Crippen LogP contribution in [0.3, 0.4) is 0 Å². The molecular weight excluding hydrogens is 447 g/mol. The van der Waals surface area contributed by atoms with E-state index < -0.39 is 11.9 Å². The van der Waals surface area contributed by atoms with Gasteiger partial charge in [0.15, 0.2) is 11.5 Å². The SMILES string of the molecule is Cc1cnc(C(=O)N2C[C@H]3CC[C@H]2[C@H](Nc2cnc(C(F)(F)F)cn2)C3)c(-c2ncccn2)c1. The number of amides is 1. The number of nitrogens with zero attached hydrogens (tertiary/aromatic N) is 6. The molecule has 1 amide bonds. The van der Waals surface area contributed by atoms with Gasteiger partial charge in [-0.2, -0.15) is 13.2 Å². The molecular formula is C23H22F3N7O. The summed E-state index contributed by atoms with van der Waals surface area (Å²) in [6.07, 6.45) is 4.72. The lowest BCUT2D eigenvalue weighted by Gasteiger charge is -2.50. The topological polar surface area (TPSA) is 96.8 Å². The molecule has 0 aromatic carbocycles. The van der Waals surface area contributed by atoms with E-state index in [9.17, 15) is 18.0 Å². The summed E-state index contributed by atoms with van der Waals surface area (Å²) in [6, 6.07) is 3.27. The summed E-state index contributed by atoms with van der Waals surface area (Å²) in [5, 5.41) is 3.20. The average Bonchev–Trinajstić information content (AvgIpc) is 2.84. The van der Waals surface area contributed by atoms with Crippen LogP contribution in [-0.4, -0.2) is 54.4 Å². The number of halogens is 3. The van der Waals surface area contributed by atoms with Crippen molar-refractivity contribution >= 4 is 11.7 Å². The fourth-order valence-corrected chi connectivity index (χ4v) is 4.81. The lowest BCUT2D eigenvalue weighted by molar-refractivity contribution is -0.141. The Balaban J connectivity index is 1.40. The first kappa shape index (κ1) is 22.2. The third-order valence-electron chi connectivity index (χ3n) is 6.35. The van der Waals surface area contributed by atoms with Gasteiger partial charge < -0.3 is 10.2 Å². The fourth-order valence-electron chi connectivity index (χ4n) is 4.81. The second-order valence-corrected chi connectivity index (χ2v) is 8.72. The van der Waals surface area contributed by atoms with Crippen molar-refractivity contribution in [2.45, 2.75) is 44.4 Å². The Morgan fingerprint density at radius 2 is 1.85 bits per heavy atom. The monoisotopic (exact) mass is 469 g/mol. The molecule has 176 valence electrons. The predicted octanol–water partition coefficient (Wildman–Crippen LogP) is 3.76. The molecule has 3 aliphatic rings. The van der Waals surface area contributed by atoms with Gasteiger partial charge in [-0.3, -0.25) is 9.78 Å². The van der Waals surface area contributed by atoms with Crippen LogP contribution in [-0.2, 0) is 6.18 Å². The van der Waals surface area contributed by atoms with E-state index in [0.717, 1.165) is 31.0 Å². The van der Waals surface area contributed by atoms with Gasteiger partial charge in [0.2, 0.25) is 0 Å². The Kier molecular flexibility index (Phi) is 5.62. The molecule has 3 aromatic heterocycles. The summed E-state index contributed by atoms with van der Waals surface area (Å²) in [7, 11) is 0. The smallest absolute Gasteiger partial charge is 0.364 e. The van der Waals surface area contributed by atoms with Gasteiger partial charge in [0.05, 0.1) is 24.0 Å². The molecule has 0 radical (unpaired) electrons. The minimum absolute atomic E-state index is 0.144. The molecule has 6 rings (SSSR count). The number of carbonyl (C=O) groups excluding carboxylic acids is 1. The van der Waals surface area contributed by atoms with Crippen LogP contribution >= 0.6 is 0 Å². The molecule has 8 nitrogen and oxygen atoms in total. The Labute approximate surface area is 193 Å². The van der Waals surface area contributed by atoms with Crippen LogP contribution in [0.4, 0.5) is 19.0 Å². The number of nitrogens with one attached hydrogen (secondary N) is 1. The first-order chi connectivity index (χ1) is 16.3.